The van der Waals surface area contributed by atoms with E-state index in [0.717, 1.165) is 49.4 Å². The van der Waals surface area contributed by atoms with Crippen molar-refractivity contribution >= 4 is 5.82 Å². The highest BCUT2D eigenvalue weighted by Crippen LogP contribution is 2.25. The summed E-state index contributed by atoms with van der Waals surface area (Å²) < 4.78 is 0. The quantitative estimate of drug-likeness (QED) is 0.837. The predicted octanol–water partition coefficient (Wildman–Crippen LogP) is 1.62. The van der Waals surface area contributed by atoms with Crippen molar-refractivity contribution in [3.63, 3.8) is 0 Å². The van der Waals surface area contributed by atoms with Crippen molar-refractivity contribution < 1.29 is 10.2 Å². The summed E-state index contributed by atoms with van der Waals surface area (Å²) in [6, 6.07) is 3.84. The maximum Gasteiger partial charge on any atom is 0.129 e. The number of aromatic nitrogens is 1. The topological polar surface area (TPSA) is 56.6 Å². The van der Waals surface area contributed by atoms with Crippen LogP contribution in [0.1, 0.15) is 37.4 Å². The van der Waals surface area contributed by atoms with E-state index in [1.165, 1.54) is 0 Å². The second kappa shape index (κ2) is 5.24. The lowest BCUT2D eigenvalue weighted by Gasteiger charge is -2.24. The minimum absolute atomic E-state index is 0.0436. The van der Waals surface area contributed by atoms with Crippen molar-refractivity contribution in [1.82, 2.24) is 4.98 Å². The Bertz CT molecular complexity index is 418. The van der Waals surface area contributed by atoms with Crippen molar-refractivity contribution in [2.45, 2.75) is 45.3 Å². The molecule has 0 amide bonds. The number of aliphatic hydroxyl groups is 2. The lowest BCUT2D eigenvalue weighted by atomic mass is 9.98. The van der Waals surface area contributed by atoms with Crippen molar-refractivity contribution in [1.29, 1.82) is 0 Å². The largest absolute Gasteiger partial charge is 0.392 e. The number of rotatable bonds is 2. The molecule has 2 N–H and O–H groups in total. The Hall–Kier alpha value is -1.13. The zero-order chi connectivity index (χ0) is 13.2. The van der Waals surface area contributed by atoms with Crippen LogP contribution in [0.15, 0.2) is 12.1 Å². The van der Waals surface area contributed by atoms with Crippen LogP contribution in [0.25, 0.3) is 0 Å². The van der Waals surface area contributed by atoms with Gasteiger partial charge >= 0.3 is 0 Å². The van der Waals surface area contributed by atoms with Gasteiger partial charge in [-0.15, -0.1) is 0 Å². The first-order valence-electron chi connectivity index (χ1n) is 6.56. The van der Waals surface area contributed by atoms with Crippen LogP contribution in [0.4, 0.5) is 5.82 Å². The summed E-state index contributed by atoms with van der Waals surface area (Å²) in [7, 11) is 0. The first-order valence-corrected chi connectivity index (χ1v) is 6.56. The van der Waals surface area contributed by atoms with Crippen molar-refractivity contribution in [2.75, 3.05) is 18.0 Å². The molecule has 0 saturated carbocycles. The molecule has 4 nitrogen and oxygen atoms in total. The first kappa shape index (κ1) is 13.3. The Balaban J connectivity index is 2.18. The van der Waals surface area contributed by atoms with Crippen LogP contribution in [0.5, 0.6) is 0 Å². The monoisotopic (exact) mass is 250 g/mol. The molecule has 1 saturated heterocycles. The Kier molecular flexibility index (Phi) is 3.88. The minimum Gasteiger partial charge on any atom is -0.392 e. The summed E-state index contributed by atoms with van der Waals surface area (Å²) in [6.07, 6.45) is 2.57. The van der Waals surface area contributed by atoms with Crippen molar-refractivity contribution in [3.8, 4) is 0 Å². The lowest BCUT2D eigenvalue weighted by molar-refractivity contribution is 0.0481. The van der Waals surface area contributed by atoms with Gasteiger partial charge in [-0.3, -0.25) is 0 Å². The number of hydrogen-bond donors (Lipinski definition) is 2. The second-order valence-corrected chi connectivity index (χ2v) is 5.47. The van der Waals surface area contributed by atoms with Crippen LogP contribution in [0.2, 0.25) is 0 Å². The molecule has 2 heterocycles. The fourth-order valence-corrected chi connectivity index (χ4v) is 2.47. The van der Waals surface area contributed by atoms with Crippen LogP contribution in [-0.2, 0) is 6.61 Å². The van der Waals surface area contributed by atoms with Crippen LogP contribution >= 0.6 is 0 Å². The summed E-state index contributed by atoms with van der Waals surface area (Å²) in [4.78, 5) is 6.73. The van der Waals surface area contributed by atoms with E-state index in [4.69, 9.17) is 0 Å². The van der Waals surface area contributed by atoms with E-state index in [1.807, 2.05) is 26.0 Å². The fourth-order valence-electron chi connectivity index (χ4n) is 2.47. The zero-order valence-corrected chi connectivity index (χ0v) is 11.2. The van der Waals surface area contributed by atoms with E-state index in [0.29, 0.717) is 0 Å². The highest BCUT2D eigenvalue weighted by atomic mass is 16.3. The predicted molar refractivity (Wildman–Crippen MR) is 71.6 cm³/mol. The Morgan fingerprint density at radius 1 is 1.33 bits per heavy atom. The van der Waals surface area contributed by atoms with Gasteiger partial charge in [-0.05, 0) is 50.8 Å². The fraction of sp³-hybridized carbons (Fsp3) is 0.643. The second-order valence-electron chi connectivity index (χ2n) is 5.47. The third-order valence-electron chi connectivity index (χ3n) is 3.57. The van der Waals surface area contributed by atoms with Gasteiger partial charge in [0.15, 0.2) is 0 Å². The van der Waals surface area contributed by atoms with E-state index in [2.05, 4.69) is 9.88 Å². The number of hydrogen-bond acceptors (Lipinski definition) is 4. The number of aliphatic hydroxyl groups excluding tert-OH is 1. The molecule has 0 aromatic carbocycles. The van der Waals surface area contributed by atoms with E-state index < -0.39 is 5.60 Å². The van der Waals surface area contributed by atoms with Gasteiger partial charge in [-0.2, -0.15) is 0 Å². The van der Waals surface area contributed by atoms with Gasteiger partial charge < -0.3 is 15.1 Å². The van der Waals surface area contributed by atoms with Gasteiger partial charge in [-0.25, -0.2) is 4.98 Å². The Morgan fingerprint density at radius 2 is 2.11 bits per heavy atom. The molecule has 1 aromatic heterocycles. The van der Waals surface area contributed by atoms with E-state index in [1.54, 1.807) is 0 Å². The molecule has 0 bridgehead atoms. The van der Waals surface area contributed by atoms with E-state index in [-0.39, 0.29) is 6.61 Å². The SMILES string of the molecule is Cc1cc(CO)cc(N2CCCC(C)(O)CC2)n1. The standard InChI is InChI=1S/C14H22N2O2/c1-11-8-12(10-17)9-13(15-11)16-6-3-4-14(2,18)5-7-16/h8-9,17-18H,3-7,10H2,1-2H3. The summed E-state index contributed by atoms with van der Waals surface area (Å²) in [5.74, 6) is 0.914. The van der Waals surface area contributed by atoms with Gasteiger partial charge in [0.1, 0.15) is 5.82 Å². The lowest BCUT2D eigenvalue weighted by Crippen LogP contribution is -2.29. The molecule has 4 heteroatoms. The molecule has 1 fully saturated rings. The van der Waals surface area contributed by atoms with Gasteiger partial charge in [0.05, 0.1) is 12.2 Å². The number of aryl methyl sites for hydroxylation is 1. The molecule has 1 unspecified atom stereocenters. The molecule has 18 heavy (non-hydrogen) atoms. The van der Waals surface area contributed by atoms with Gasteiger partial charge in [0, 0.05) is 18.8 Å². The minimum atomic E-state index is -0.557. The first-order chi connectivity index (χ1) is 8.50. The van der Waals surface area contributed by atoms with Gasteiger partial charge in [0.2, 0.25) is 0 Å². The average molecular weight is 250 g/mol. The molecule has 1 atom stereocenters. The molecule has 2 rings (SSSR count). The molecule has 0 aliphatic carbocycles. The number of nitrogens with zero attached hydrogens (tertiary/aromatic N) is 2. The normalized spacial score (nSPS) is 25.0. The summed E-state index contributed by atoms with van der Waals surface area (Å²) >= 11 is 0. The molecular weight excluding hydrogens is 228 g/mol. The van der Waals surface area contributed by atoms with E-state index >= 15 is 0 Å². The van der Waals surface area contributed by atoms with Crippen LogP contribution in [-0.4, -0.2) is 33.9 Å². The molecule has 0 radical (unpaired) electrons. The van der Waals surface area contributed by atoms with Gasteiger partial charge in [-0.1, -0.05) is 0 Å². The Labute approximate surface area is 108 Å². The molecule has 1 aliphatic rings. The summed E-state index contributed by atoms with van der Waals surface area (Å²) in [5.41, 5.74) is 1.26. The van der Waals surface area contributed by atoms with Gasteiger partial charge in [0.25, 0.3) is 0 Å². The molecule has 0 spiro atoms. The number of pyridine rings is 1. The Morgan fingerprint density at radius 3 is 2.83 bits per heavy atom. The smallest absolute Gasteiger partial charge is 0.129 e. The molecule has 1 aromatic rings. The summed E-state index contributed by atoms with van der Waals surface area (Å²) in [5, 5.41) is 19.3. The van der Waals surface area contributed by atoms with E-state index in [9.17, 15) is 10.2 Å². The molecule has 1 aliphatic heterocycles. The van der Waals surface area contributed by atoms with Crippen LogP contribution < -0.4 is 4.90 Å². The molecule has 100 valence electrons. The average Bonchev–Trinajstić information content (AvgIpc) is 2.49. The highest BCUT2D eigenvalue weighted by Gasteiger charge is 2.25. The van der Waals surface area contributed by atoms with Crippen LogP contribution in [0.3, 0.4) is 0 Å². The van der Waals surface area contributed by atoms with Crippen molar-refractivity contribution in [3.05, 3.63) is 23.4 Å². The third kappa shape index (κ3) is 3.21. The third-order valence-corrected chi connectivity index (χ3v) is 3.57. The van der Waals surface area contributed by atoms with Crippen LogP contribution in [0, 0.1) is 6.92 Å². The maximum absolute atomic E-state index is 10.1. The van der Waals surface area contributed by atoms with Crippen molar-refractivity contribution in [2.24, 2.45) is 0 Å². The summed E-state index contributed by atoms with van der Waals surface area (Å²) in [6.45, 7) is 5.61. The highest BCUT2D eigenvalue weighted by molar-refractivity contribution is 5.42. The zero-order valence-electron chi connectivity index (χ0n) is 11.2. The molecular formula is C14H22N2O2. The number of anilines is 1. The maximum atomic E-state index is 10.1.